The number of amides is 1. The molecule has 0 bridgehead atoms. The van der Waals surface area contributed by atoms with Crippen molar-refractivity contribution in [2.24, 2.45) is 5.92 Å². The molecular formula is C20H16ClN3O. The third-order valence-electron chi connectivity index (χ3n) is 4.80. The first-order chi connectivity index (χ1) is 12.1. The highest BCUT2D eigenvalue weighted by atomic mass is 35.5. The van der Waals surface area contributed by atoms with Gasteiger partial charge in [0.1, 0.15) is 0 Å². The van der Waals surface area contributed by atoms with Crippen LogP contribution in [0, 0.1) is 17.2 Å². The summed E-state index contributed by atoms with van der Waals surface area (Å²) in [5.74, 6) is -0.0483. The summed E-state index contributed by atoms with van der Waals surface area (Å²) in [6.07, 6.45) is 2.38. The highest BCUT2D eigenvalue weighted by Gasteiger charge is 2.27. The predicted octanol–water partition coefficient (Wildman–Crippen LogP) is 4.44. The maximum absolute atomic E-state index is 12.6. The molecule has 1 aromatic heterocycles. The zero-order valence-corrected chi connectivity index (χ0v) is 14.2. The Kier molecular flexibility index (Phi) is 3.95. The van der Waals surface area contributed by atoms with Crippen molar-refractivity contribution in [3.8, 4) is 6.07 Å². The van der Waals surface area contributed by atoms with Gasteiger partial charge >= 0.3 is 0 Å². The lowest BCUT2D eigenvalue weighted by atomic mass is 9.86. The summed E-state index contributed by atoms with van der Waals surface area (Å²) in [5.41, 5.74) is 4.78. The van der Waals surface area contributed by atoms with E-state index in [9.17, 15) is 4.79 Å². The Morgan fingerprint density at radius 2 is 2.04 bits per heavy atom. The van der Waals surface area contributed by atoms with Gasteiger partial charge in [-0.25, -0.2) is 0 Å². The standard InChI is InChI=1S/C20H16ClN3O/c21-14-4-8-19-17(10-14)16-9-13(3-7-18(16)24-19)20(25)23-15-5-1-12(11-22)2-6-15/h1-2,4-6,8,10,13,24H,3,7,9H2,(H,23,25). The van der Waals surface area contributed by atoms with E-state index in [1.165, 1.54) is 11.3 Å². The second-order valence-corrected chi connectivity index (χ2v) is 6.83. The molecule has 2 aromatic carbocycles. The molecule has 0 fully saturated rings. The van der Waals surface area contributed by atoms with Crippen LogP contribution in [0.4, 0.5) is 5.69 Å². The van der Waals surface area contributed by atoms with Crippen LogP contribution >= 0.6 is 11.6 Å². The minimum absolute atomic E-state index is 0.0201. The molecule has 2 N–H and O–H groups in total. The van der Waals surface area contributed by atoms with Crippen molar-refractivity contribution < 1.29 is 4.79 Å². The van der Waals surface area contributed by atoms with Gasteiger partial charge in [-0.3, -0.25) is 4.79 Å². The maximum atomic E-state index is 12.6. The molecule has 124 valence electrons. The SMILES string of the molecule is N#Cc1ccc(NC(=O)C2CCc3[nH]c4ccc(Cl)cc4c3C2)cc1. The Bertz CT molecular complexity index is 998. The fourth-order valence-corrected chi connectivity index (χ4v) is 3.66. The fourth-order valence-electron chi connectivity index (χ4n) is 3.49. The number of H-pyrrole nitrogens is 1. The molecule has 1 heterocycles. The van der Waals surface area contributed by atoms with Crippen molar-refractivity contribution in [2.75, 3.05) is 5.32 Å². The molecule has 0 saturated carbocycles. The third kappa shape index (κ3) is 2.99. The minimum Gasteiger partial charge on any atom is -0.358 e. The second-order valence-electron chi connectivity index (χ2n) is 6.39. The van der Waals surface area contributed by atoms with Gasteiger partial charge in [0, 0.05) is 33.2 Å². The number of rotatable bonds is 2. The molecule has 5 heteroatoms. The number of fused-ring (bicyclic) bond motifs is 3. The Morgan fingerprint density at radius 1 is 1.24 bits per heavy atom. The summed E-state index contributed by atoms with van der Waals surface area (Å²) in [5, 5.41) is 13.6. The smallest absolute Gasteiger partial charge is 0.227 e. The molecule has 1 aliphatic rings. The summed E-state index contributed by atoms with van der Waals surface area (Å²) < 4.78 is 0. The van der Waals surface area contributed by atoms with Gasteiger partial charge in [0.25, 0.3) is 0 Å². The van der Waals surface area contributed by atoms with Crippen LogP contribution in [0.15, 0.2) is 42.5 Å². The van der Waals surface area contributed by atoms with Crippen molar-refractivity contribution in [2.45, 2.75) is 19.3 Å². The third-order valence-corrected chi connectivity index (χ3v) is 5.04. The number of aromatic amines is 1. The maximum Gasteiger partial charge on any atom is 0.227 e. The highest BCUT2D eigenvalue weighted by Crippen LogP contribution is 2.33. The van der Waals surface area contributed by atoms with Crippen LogP contribution in [-0.2, 0) is 17.6 Å². The lowest BCUT2D eigenvalue weighted by Crippen LogP contribution is -2.28. The van der Waals surface area contributed by atoms with Crippen LogP contribution in [0.5, 0.6) is 0 Å². The van der Waals surface area contributed by atoms with Crippen LogP contribution in [0.25, 0.3) is 10.9 Å². The average Bonchev–Trinajstić information content (AvgIpc) is 2.99. The minimum atomic E-state index is -0.0684. The van der Waals surface area contributed by atoms with Crippen LogP contribution < -0.4 is 5.32 Å². The Labute approximate surface area is 150 Å². The van der Waals surface area contributed by atoms with E-state index < -0.39 is 0 Å². The number of anilines is 1. The summed E-state index contributed by atoms with van der Waals surface area (Å²) in [7, 11) is 0. The van der Waals surface area contributed by atoms with E-state index in [0.29, 0.717) is 17.0 Å². The number of nitrogens with one attached hydrogen (secondary N) is 2. The molecular weight excluding hydrogens is 334 g/mol. The normalized spacial score (nSPS) is 16.2. The van der Waals surface area contributed by atoms with E-state index in [4.69, 9.17) is 16.9 Å². The van der Waals surface area contributed by atoms with E-state index in [0.717, 1.165) is 29.4 Å². The highest BCUT2D eigenvalue weighted by molar-refractivity contribution is 6.31. The molecule has 4 rings (SSSR count). The number of hydrogen-bond acceptors (Lipinski definition) is 2. The first-order valence-electron chi connectivity index (χ1n) is 8.24. The van der Waals surface area contributed by atoms with Crippen molar-refractivity contribution in [3.63, 3.8) is 0 Å². The molecule has 4 nitrogen and oxygen atoms in total. The summed E-state index contributed by atoms with van der Waals surface area (Å²) in [6.45, 7) is 0. The number of hydrogen-bond donors (Lipinski definition) is 2. The molecule has 1 amide bonds. The quantitative estimate of drug-likeness (QED) is 0.718. The van der Waals surface area contributed by atoms with Gasteiger partial charge in [0.05, 0.1) is 11.6 Å². The van der Waals surface area contributed by atoms with E-state index in [2.05, 4.69) is 16.4 Å². The van der Waals surface area contributed by atoms with Crippen molar-refractivity contribution >= 4 is 34.1 Å². The molecule has 1 atom stereocenters. The van der Waals surface area contributed by atoms with Crippen molar-refractivity contribution in [3.05, 3.63) is 64.3 Å². The lowest BCUT2D eigenvalue weighted by Gasteiger charge is -2.22. The molecule has 1 aliphatic carbocycles. The van der Waals surface area contributed by atoms with E-state index in [-0.39, 0.29) is 11.8 Å². The van der Waals surface area contributed by atoms with Gasteiger partial charge in [-0.15, -0.1) is 0 Å². The van der Waals surface area contributed by atoms with Gasteiger partial charge in [0.15, 0.2) is 0 Å². The first kappa shape index (κ1) is 15.7. The zero-order chi connectivity index (χ0) is 17.4. The van der Waals surface area contributed by atoms with Crippen LogP contribution in [-0.4, -0.2) is 10.9 Å². The van der Waals surface area contributed by atoms with Gasteiger partial charge in [0.2, 0.25) is 5.91 Å². The number of aryl methyl sites for hydroxylation is 1. The van der Waals surface area contributed by atoms with Crippen LogP contribution in [0.1, 0.15) is 23.2 Å². The number of nitriles is 1. The number of nitrogens with zero attached hydrogens (tertiary/aromatic N) is 1. The molecule has 1 unspecified atom stereocenters. The number of carbonyl (C=O) groups is 1. The summed E-state index contributed by atoms with van der Waals surface area (Å²) >= 11 is 6.13. The summed E-state index contributed by atoms with van der Waals surface area (Å²) in [6, 6.07) is 14.8. The largest absolute Gasteiger partial charge is 0.358 e. The van der Waals surface area contributed by atoms with Gasteiger partial charge in [-0.05, 0) is 67.3 Å². The molecule has 3 aromatic rings. The van der Waals surface area contributed by atoms with Crippen molar-refractivity contribution in [1.82, 2.24) is 4.98 Å². The van der Waals surface area contributed by atoms with Gasteiger partial charge < -0.3 is 10.3 Å². The number of aromatic nitrogens is 1. The van der Waals surface area contributed by atoms with E-state index in [1.54, 1.807) is 24.3 Å². The Balaban J connectivity index is 1.55. The van der Waals surface area contributed by atoms with Gasteiger partial charge in [-0.2, -0.15) is 5.26 Å². The average molecular weight is 350 g/mol. The van der Waals surface area contributed by atoms with Crippen LogP contribution in [0.3, 0.4) is 0 Å². The number of halogens is 1. The number of benzene rings is 2. The molecule has 0 spiro atoms. The first-order valence-corrected chi connectivity index (χ1v) is 8.62. The van der Waals surface area contributed by atoms with E-state index >= 15 is 0 Å². The second kappa shape index (κ2) is 6.27. The molecule has 0 aliphatic heterocycles. The predicted molar refractivity (Wildman–Crippen MR) is 98.6 cm³/mol. The Morgan fingerprint density at radius 3 is 2.80 bits per heavy atom. The monoisotopic (exact) mass is 349 g/mol. The topological polar surface area (TPSA) is 68.7 Å². The molecule has 25 heavy (non-hydrogen) atoms. The lowest BCUT2D eigenvalue weighted by molar-refractivity contribution is -0.120. The van der Waals surface area contributed by atoms with Crippen LogP contribution in [0.2, 0.25) is 5.02 Å². The number of carbonyl (C=O) groups excluding carboxylic acids is 1. The zero-order valence-electron chi connectivity index (χ0n) is 13.5. The Hall–Kier alpha value is -2.77. The fraction of sp³-hybridized carbons (Fsp3) is 0.200. The molecule has 0 saturated heterocycles. The molecule has 0 radical (unpaired) electrons. The van der Waals surface area contributed by atoms with Crippen molar-refractivity contribution in [1.29, 1.82) is 5.26 Å². The summed E-state index contributed by atoms with van der Waals surface area (Å²) in [4.78, 5) is 16.1. The van der Waals surface area contributed by atoms with E-state index in [1.807, 2.05) is 18.2 Å². The van der Waals surface area contributed by atoms with Gasteiger partial charge in [-0.1, -0.05) is 11.6 Å².